The molecule has 0 spiro atoms. The molecule has 3 rings (SSSR count). The van der Waals surface area contributed by atoms with Gasteiger partial charge in [0, 0.05) is 11.4 Å². The van der Waals surface area contributed by atoms with E-state index in [1.807, 2.05) is 31.2 Å². The molecule has 1 N–H and O–H groups in total. The summed E-state index contributed by atoms with van der Waals surface area (Å²) < 4.78 is 32.6. The third kappa shape index (κ3) is 3.21. The normalized spacial score (nSPS) is 12.0. The predicted molar refractivity (Wildman–Crippen MR) is 86.6 cm³/mol. The Morgan fingerprint density at radius 1 is 1.27 bits per heavy atom. The van der Waals surface area contributed by atoms with Crippen molar-refractivity contribution in [3.8, 4) is 0 Å². The first kappa shape index (κ1) is 15.2. The summed E-state index contributed by atoms with van der Waals surface area (Å²) in [4.78, 5) is 5.16. The van der Waals surface area contributed by atoms with Gasteiger partial charge in [-0.3, -0.25) is 0 Å². The SMILES string of the molecule is CCc1ccc(S(=O)(=O)NCCc2ccc3ocnc3c2)s1. The monoisotopic (exact) mass is 336 g/mol. The quantitative estimate of drug-likeness (QED) is 0.751. The minimum atomic E-state index is -3.42. The van der Waals surface area contributed by atoms with Gasteiger partial charge in [-0.1, -0.05) is 13.0 Å². The molecule has 116 valence electrons. The van der Waals surface area contributed by atoms with E-state index in [9.17, 15) is 8.42 Å². The van der Waals surface area contributed by atoms with Gasteiger partial charge in [0.05, 0.1) is 0 Å². The molecule has 0 atom stereocenters. The average Bonchev–Trinajstić information content (AvgIpc) is 3.15. The maximum Gasteiger partial charge on any atom is 0.250 e. The summed E-state index contributed by atoms with van der Waals surface area (Å²) in [6, 6.07) is 9.19. The van der Waals surface area contributed by atoms with Crippen LogP contribution in [0.15, 0.2) is 45.4 Å². The van der Waals surface area contributed by atoms with Crippen LogP contribution >= 0.6 is 11.3 Å². The molecule has 2 aromatic heterocycles. The van der Waals surface area contributed by atoms with Crippen molar-refractivity contribution in [2.75, 3.05) is 6.54 Å². The van der Waals surface area contributed by atoms with Crippen molar-refractivity contribution in [1.82, 2.24) is 9.71 Å². The topological polar surface area (TPSA) is 72.2 Å². The Kier molecular flexibility index (Phi) is 4.28. The number of hydrogen-bond acceptors (Lipinski definition) is 5. The maximum absolute atomic E-state index is 12.2. The molecule has 7 heteroatoms. The second-order valence-electron chi connectivity index (χ2n) is 4.88. The van der Waals surface area contributed by atoms with Crippen molar-refractivity contribution in [2.24, 2.45) is 0 Å². The molecule has 0 bridgehead atoms. The third-order valence-corrected chi connectivity index (χ3v) is 6.53. The summed E-state index contributed by atoms with van der Waals surface area (Å²) >= 11 is 1.32. The van der Waals surface area contributed by atoms with E-state index in [-0.39, 0.29) is 0 Å². The van der Waals surface area contributed by atoms with Crippen LogP contribution in [-0.4, -0.2) is 19.9 Å². The van der Waals surface area contributed by atoms with Gasteiger partial charge in [-0.25, -0.2) is 18.1 Å². The van der Waals surface area contributed by atoms with E-state index < -0.39 is 10.0 Å². The Balaban J connectivity index is 1.64. The molecule has 0 unspecified atom stereocenters. The van der Waals surface area contributed by atoms with E-state index in [0.717, 1.165) is 28.0 Å². The lowest BCUT2D eigenvalue weighted by atomic mass is 10.1. The molecule has 5 nitrogen and oxygen atoms in total. The Morgan fingerprint density at radius 2 is 2.14 bits per heavy atom. The molecule has 0 saturated carbocycles. The lowest BCUT2D eigenvalue weighted by molar-refractivity contribution is 0.583. The van der Waals surface area contributed by atoms with Crippen LogP contribution < -0.4 is 4.72 Å². The second-order valence-corrected chi connectivity index (χ2v) is 8.04. The number of hydrogen-bond donors (Lipinski definition) is 1. The zero-order valence-corrected chi connectivity index (χ0v) is 13.7. The molecule has 0 aliphatic heterocycles. The van der Waals surface area contributed by atoms with E-state index in [4.69, 9.17) is 4.42 Å². The van der Waals surface area contributed by atoms with Crippen LogP contribution in [-0.2, 0) is 22.9 Å². The van der Waals surface area contributed by atoms with Crippen LogP contribution in [0.2, 0.25) is 0 Å². The predicted octanol–water partition coefficient (Wildman–Crippen LogP) is 2.97. The molecule has 0 aliphatic carbocycles. The van der Waals surface area contributed by atoms with Crippen LogP contribution in [0.4, 0.5) is 0 Å². The standard InChI is InChI=1S/C15H16N2O3S2/c1-2-12-4-6-15(21-12)22(18,19)17-8-7-11-3-5-14-13(9-11)16-10-20-14/h3-6,9-10,17H,2,7-8H2,1H3. The van der Waals surface area contributed by atoms with Crippen LogP contribution in [0, 0.1) is 0 Å². The van der Waals surface area contributed by atoms with Crippen molar-refractivity contribution in [2.45, 2.75) is 24.0 Å². The van der Waals surface area contributed by atoms with E-state index in [2.05, 4.69) is 9.71 Å². The summed E-state index contributed by atoms with van der Waals surface area (Å²) in [6.45, 7) is 2.36. The minimum Gasteiger partial charge on any atom is -0.443 e. The highest BCUT2D eigenvalue weighted by atomic mass is 32.2. The number of aryl methyl sites for hydroxylation is 1. The van der Waals surface area contributed by atoms with E-state index in [0.29, 0.717) is 17.2 Å². The van der Waals surface area contributed by atoms with Gasteiger partial charge in [-0.2, -0.15) is 0 Å². The minimum absolute atomic E-state index is 0.352. The second kappa shape index (κ2) is 6.20. The molecular formula is C15H16N2O3S2. The molecular weight excluding hydrogens is 320 g/mol. The summed E-state index contributed by atoms with van der Waals surface area (Å²) in [5, 5.41) is 0. The summed E-state index contributed by atoms with van der Waals surface area (Å²) in [5.74, 6) is 0. The van der Waals surface area contributed by atoms with E-state index in [1.165, 1.54) is 17.7 Å². The fourth-order valence-electron chi connectivity index (χ4n) is 2.15. The lowest BCUT2D eigenvalue weighted by Crippen LogP contribution is -2.25. The summed E-state index contributed by atoms with van der Waals surface area (Å²) in [6.07, 6.45) is 2.85. The number of nitrogens with zero attached hydrogens (tertiary/aromatic N) is 1. The van der Waals surface area contributed by atoms with Crippen molar-refractivity contribution in [3.63, 3.8) is 0 Å². The van der Waals surface area contributed by atoms with Gasteiger partial charge in [0.15, 0.2) is 12.0 Å². The van der Waals surface area contributed by atoms with E-state index in [1.54, 1.807) is 6.07 Å². The molecule has 2 heterocycles. The Labute approximate surface area is 133 Å². The van der Waals surface area contributed by atoms with Crippen LogP contribution in [0.3, 0.4) is 0 Å². The Bertz CT molecular complexity index is 881. The molecule has 0 fully saturated rings. The molecule has 0 aliphatic rings. The largest absolute Gasteiger partial charge is 0.443 e. The zero-order valence-electron chi connectivity index (χ0n) is 12.1. The Morgan fingerprint density at radius 3 is 2.91 bits per heavy atom. The summed E-state index contributed by atoms with van der Waals surface area (Å²) in [7, 11) is -3.42. The van der Waals surface area contributed by atoms with Gasteiger partial charge in [-0.15, -0.1) is 11.3 Å². The number of sulfonamides is 1. The van der Waals surface area contributed by atoms with E-state index >= 15 is 0 Å². The third-order valence-electron chi connectivity index (χ3n) is 3.35. The number of oxazole rings is 1. The highest BCUT2D eigenvalue weighted by Crippen LogP contribution is 2.21. The molecule has 1 aromatic carbocycles. The fourth-order valence-corrected chi connectivity index (χ4v) is 4.52. The van der Waals surface area contributed by atoms with Gasteiger partial charge in [-0.05, 0) is 42.7 Å². The smallest absolute Gasteiger partial charge is 0.250 e. The van der Waals surface area contributed by atoms with Gasteiger partial charge >= 0.3 is 0 Å². The Hall–Kier alpha value is -1.70. The van der Waals surface area contributed by atoms with Crippen molar-refractivity contribution >= 4 is 32.5 Å². The first-order chi connectivity index (χ1) is 10.6. The summed E-state index contributed by atoms with van der Waals surface area (Å²) in [5.41, 5.74) is 2.53. The van der Waals surface area contributed by atoms with Gasteiger partial charge in [0.25, 0.3) is 0 Å². The molecule has 22 heavy (non-hydrogen) atoms. The molecule has 0 saturated heterocycles. The number of benzene rings is 1. The van der Waals surface area contributed by atoms with Gasteiger partial charge in [0.1, 0.15) is 9.73 Å². The number of thiophene rings is 1. The highest BCUT2D eigenvalue weighted by Gasteiger charge is 2.15. The number of nitrogens with one attached hydrogen (secondary N) is 1. The first-order valence-corrected chi connectivity index (χ1v) is 9.29. The number of fused-ring (bicyclic) bond motifs is 1. The van der Waals surface area contributed by atoms with Crippen LogP contribution in [0.25, 0.3) is 11.1 Å². The van der Waals surface area contributed by atoms with Crippen molar-refractivity contribution < 1.29 is 12.8 Å². The zero-order chi connectivity index (χ0) is 15.6. The first-order valence-electron chi connectivity index (χ1n) is 6.99. The number of aromatic nitrogens is 1. The fraction of sp³-hybridized carbons (Fsp3) is 0.267. The van der Waals surface area contributed by atoms with Crippen LogP contribution in [0.1, 0.15) is 17.4 Å². The van der Waals surface area contributed by atoms with Crippen LogP contribution in [0.5, 0.6) is 0 Å². The van der Waals surface area contributed by atoms with Gasteiger partial charge in [0.2, 0.25) is 10.0 Å². The lowest BCUT2D eigenvalue weighted by Gasteiger charge is -2.05. The van der Waals surface area contributed by atoms with Gasteiger partial charge < -0.3 is 4.42 Å². The molecule has 0 radical (unpaired) electrons. The number of rotatable bonds is 6. The maximum atomic E-state index is 12.2. The molecule has 0 amide bonds. The van der Waals surface area contributed by atoms with Crippen molar-refractivity contribution in [1.29, 1.82) is 0 Å². The molecule has 3 aromatic rings. The highest BCUT2D eigenvalue weighted by molar-refractivity contribution is 7.91. The van der Waals surface area contributed by atoms with Crippen molar-refractivity contribution in [3.05, 3.63) is 47.2 Å². The average molecular weight is 336 g/mol.